The molecule has 1 aromatic rings. The predicted molar refractivity (Wildman–Crippen MR) is 82.5 cm³/mol. The van der Waals surface area contributed by atoms with Crippen LogP contribution in [0.5, 0.6) is 0 Å². The van der Waals surface area contributed by atoms with Crippen LogP contribution in [-0.2, 0) is 0 Å². The molecule has 110 valence electrons. The molecule has 1 N–H and O–H groups in total. The van der Waals surface area contributed by atoms with Gasteiger partial charge < -0.3 is 9.80 Å². The van der Waals surface area contributed by atoms with E-state index in [0.717, 1.165) is 37.1 Å². The molecule has 0 bridgehead atoms. The molecule has 1 aliphatic carbocycles. The van der Waals surface area contributed by atoms with Crippen molar-refractivity contribution in [3.8, 4) is 0 Å². The second-order valence-corrected chi connectivity index (χ2v) is 7.48. The fourth-order valence-electron chi connectivity index (χ4n) is 3.62. The van der Waals surface area contributed by atoms with E-state index in [1.54, 1.807) is 16.2 Å². The molecule has 2 fully saturated rings. The molecule has 2 aliphatic rings. The Morgan fingerprint density at radius 2 is 1.90 bits per heavy atom. The van der Waals surface area contributed by atoms with Gasteiger partial charge in [-0.1, -0.05) is 6.42 Å². The van der Waals surface area contributed by atoms with Crippen LogP contribution in [0.3, 0.4) is 0 Å². The van der Waals surface area contributed by atoms with Crippen LogP contribution in [0.1, 0.15) is 46.7 Å². The Morgan fingerprint density at radius 3 is 2.50 bits per heavy atom. The molecule has 4 heteroatoms. The number of carbonyl (C=O) groups is 1. The molecule has 0 aromatic carbocycles. The van der Waals surface area contributed by atoms with Crippen molar-refractivity contribution in [2.75, 3.05) is 26.2 Å². The highest BCUT2D eigenvalue weighted by Crippen LogP contribution is 2.18. The van der Waals surface area contributed by atoms with E-state index >= 15 is 0 Å². The van der Waals surface area contributed by atoms with Gasteiger partial charge in [-0.25, -0.2) is 0 Å². The number of hydrogen-bond donors (Lipinski definition) is 1. The van der Waals surface area contributed by atoms with Gasteiger partial charge in [0.25, 0.3) is 5.91 Å². The Balaban J connectivity index is 1.54. The quantitative estimate of drug-likeness (QED) is 0.882. The molecule has 2 heterocycles. The molecule has 0 atom stereocenters. The van der Waals surface area contributed by atoms with E-state index in [2.05, 4.69) is 11.8 Å². The van der Waals surface area contributed by atoms with Crippen molar-refractivity contribution in [2.24, 2.45) is 0 Å². The summed E-state index contributed by atoms with van der Waals surface area (Å²) in [5.74, 6) is 0.241. The lowest BCUT2D eigenvalue weighted by Gasteiger charge is -2.37. The average molecular weight is 293 g/mol. The molecular formula is C16H25N2OS+. The number of aryl methyl sites for hydroxylation is 1. The van der Waals surface area contributed by atoms with Crippen LogP contribution < -0.4 is 4.90 Å². The van der Waals surface area contributed by atoms with Crippen LogP contribution in [0.15, 0.2) is 12.1 Å². The topological polar surface area (TPSA) is 24.8 Å². The predicted octanol–water partition coefficient (Wildman–Crippen LogP) is 1.73. The Morgan fingerprint density at radius 1 is 1.20 bits per heavy atom. The van der Waals surface area contributed by atoms with E-state index in [1.807, 2.05) is 12.1 Å². The minimum Gasteiger partial charge on any atom is -0.330 e. The number of piperazine rings is 1. The summed E-state index contributed by atoms with van der Waals surface area (Å²) in [6.45, 7) is 6.21. The fraction of sp³-hybridized carbons (Fsp3) is 0.688. The molecule has 0 unspecified atom stereocenters. The summed E-state index contributed by atoms with van der Waals surface area (Å²) in [6.07, 6.45) is 7.03. The van der Waals surface area contributed by atoms with E-state index in [-0.39, 0.29) is 5.91 Å². The van der Waals surface area contributed by atoms with Crippen molar-refractivity contribution in [3.05, 3.63) is 21.9 Å². The zero-order chi connectivity index (χ0) is 13.9. The number of quaternary nitrogens is 1. The van der Waals surface area contributed by atoms with E-state index in [9.17, 15) is 4.79 Å². The Labute approximate surface area is 125 Å². The number of hydrogen-bond acceptors (Lipinski definition) is 2. The molecule has 1 aliphatic heterocycles. The fourth-order valence-corrected chi connectivity index (χ4v) is 4.46. The first-order valence-corrected chi connectivity index (χ1v) is 8.76. The second kappa shape index (κ2) is 6.27. The van der Waals surface area contributed by atoms with Gasteiger partial charge in [0, 0.05) is 4.88 Å². The highest BCUT2D eigenvalue weighted by molar-refractivity contribution is 7.13. The van der Waals surface area contributed by atoms with Gasteiger partial charge in [-0.2, -0.15) is 0 Å². The first-order valence-electron chi connectivity index (χ1n) is 7.94. The monoisotopic (exact) mass is 293 g/mol. The number of carbonyl (C=O) groups excluding carboxylic acids is 1. The zero-order valence-corrected chi connectivity index (χ0v) is 13.2. The molecular weight excluding hydrogens is 268 g/mol. The van der Waals surface area contributed by atoms with Crippen LogP contribution in [0.25, 0.3) is 0 Å². The Bertz CT molecular complexity index is 457. The van der Waals surface area contributed by atoms with E-state index in [1.165, 1.54) is 37.0 Å². The maximum absolute atomic E-state index is 12.4. The maximum atomic E-state index is 12.4. The van der Waals surface area contributed by atoms with Crippen molar-refractivity contribution in [3.63, 3.8) is 0 Å². The number of rotatable bonds is 2. The third-order valence-corrected chi connectivity index (χ3v) is 5.82. The second-order valence-electron chi connectivity index (χ2n) is 6.20. The first kappa shape index (κ1) is 14.1. The molecule has 3 nitrogen and oxygen atoms in total. The largest absolute Gasteiger partial charge is 0.330 e. The lowest BCUT2D eigenvalue weighted by molar-refractivity contribution is -0.930. The molecule has 0 radical (unpaired) electrons. The summed E-state index contributed by atoms with van der Waals surface area (Å²) in [4.78, 5) is 18.4. The van der Waals surface area contributed by atoms with E-state index in [0.29, 0.717) is 0 Å². The minimum absolute atomic E-state index is 0.241. The third-order valence-electron chi connectivity index (χ3n) is 4.83. The molecule has 1 aromatic heterocycles. The smallest absolute Gasteiger partial charge is 0.264 e. The SMILES string of the molecule is Cc1ccc(C(=O)N2CC[NH+](C3CCCCC3)CC2)s1. The standard InChI is InChI=1S/C16H24N2OS/c1-13-7-8-15(20-13)16(19)18-11-9-17(10-12-18)14-5-3-2-4-6-14/h7-8,14H,2-6,9-12H2,1H3/p+1. The normalized spacial score (nSPS) is 22.1. The van der Waals surface area contributed by atoms with E-state index in [4.69, 9.17) is 0 Å². The highest BCUT2D eigenvalue weighted by Gasteiger charge is 2.30. The minimum atomic E-state index is 0.241. The van der Waals surface area contributed by atoms with Gasteiger partial charge >= 0.3 is 0 Å². The van der Waals surface area contributed by atoms with Crippen LogP contribution in [0, 0.1) is 6.92 Å². The van der Waals surface area contributed by atoms with E-state index < -0.39 is 0 Å². The summed E-state index contributed by atoms with van der Waals surface area (Å²) >= 11 is 1.62. The molecule has 1 saturated heterocycles. The van der Waals surface area contributed by atoms with Crippen molar-refractivity contribution in [1.82, 2.24) is 4.90 Å². The molecule has 1 amide bonds. The molecule has 1 saturated carbocycles. The summed E-state index contributed by atoms with van der Waals surface area (Å²) in [6, 6.07) is 4.88. The summed E-state index contributed by atoms with van der Waals surface area (Å²) in [5, 5.41) is 0. The molecule has 0 spiro atoms. The van der Waals surface area contributed by atoms with Gasteiger partial charge in [-0.15, -0.1) is 11.3 Å². The Hall–Kier alpha value is -0.870. The van der Waals surface area contributed by atoms with Crippen molar-refractivity contribution < 1.29 is 9.69 Å². The third kappa shape index (κ3) is 3.07. The lowest BCUT2D eigenvalue weighted by atomic mass is 9.94. The first-order chi connectivity index (χ1) is 9.74. The van der Waals surface area contributed by atoms with Crippen LogP contribution in [-0.4, -0.2) is 43.0 Å². The van der Waals surface area contributed by atoms with Gasteiger partial charge in [0.2, 0.25) is 0 Å². The summed E-state index contributed by atoms with van der Waals surface area (Å²) in [5.41, 5.74) is 0. The van der Waals surface area contributed by atoms with Crippen LogP contribution in [0.4, 0.5) is 0 Å². The molecule has 20 heavy (non-hydrogen) atoms. The van der Waals surface area contributed by atoms with Crippen LogP contribution >= 0.6 is 11.3 Å². The van der Waals surface area contributed by atoms with Gasteiger partial charge in [-0.05, 0) is 44.7 Å². The van der Waals surface area contributed by atoms with Gasteiger partial charge in [0.1, 0.15) is 0 Å². The van der Waals surface area contributed by atoms with Crippen molar-refractivity contribution in [1.29, 1.82) is 0 Å². The highest BCUT2D eigenvalue weighted by atomic mass is 32.1. The molecule has 3 rings (SSSR count). The number of amides is 1. The number of thiophene rings is 1. The van der Waals surface area contributed by atoms with Gasteiger partial charge in [-0.3, -0.25) is 4.79 Å². The zero-order valence-electron chi connectivity index (χ0n) is 12.4. The summed E-state index contributed by atoms with van der Waals surface area (Å²) in [7, 11) is 0. The average Bonchev–Trinajstić information content (AvgIpc) is 2.94. The van der Waals surface area contributed by atoms with Gasteiger partial charge in [0.05, 0.1) is 37.1 Å². The van der Waals surface area contributed by atoms with Crippen molar-refractivity contribution >= 4 is 17.2 Å². The maximum Gasteiger partial charge on any atom is 0.264 e. The summed E-state index contributed by atoms with van der Waals surface area (Å²) < 4.78 is 0. The van der Waals surface area contributed by atoms with Crippen LogP contribution in [0.2, 0.25) is 0 Å². The number of nitrogens with zero attached hydrogens (tertiary/aromatic N) is 1. The van der Waals surface area contributed by atoms with Gasteiger partial charge in [0.15, 0.2) is 0 Å². The van der Waals surface area contributed by atoms with Crippen molar-refractivity contribution in [2.45, 2.75) is 45.1 Å². The lowest BCUT2D eigenvalue weighted by Crippen LogP contribution is -3.18. The number of nitrogens with one attached hydrogen (secondary N) is 1. The Kier molecular flexibility index (Phi) is 4.41.